The molecule has 0 N–H and O–H groups in total. The van der Waals surface area contributed by atoms with Crippen LogP contribution in [0.15, 0.2) is 27.2 Å². The summed E-state index contributed by atoms with van der Waals surface area (Å²) in [6.45, 7) is 4.26. The summed E-state index contributed by atoms with van der Waals surface area (Å²) in [4.78, 5) is 20.6. The van der Waals surface area contributed by atoms with Gasteiger partial charge in [-0.2, -0.15) is 10.2 Å². The van der Waals surface area contributed by atoms with Gasteiger partial charge < -0.3 is 18.6 Å². The molecule has 3 heterocycles. The summed E-state index contributed by atoms with van der Waals surface area (Å²) in [7, 11) is 1.88. The molecular formula is C19H24N4O3. The number of hydrogen-bond donors (Lipinski definition) is 0. The summed E-state index contributed by atoms with van der Waals surface area (Å²) < 4.78 is 11.1. The molecule has 1 amide bonds. The maximum Gasteiger partial charge on any atom is 0.266 e. The van der Waals surface area contributed by atoms with Gasteiger partial charge in [-0.1, -0.05) is 13.3 Å². The number of aromatic nitrogens is 1. The SMILES string of the molecule is CCCCN(C)C(=O)C1CCN(c2oc(-c3ccco3)nc2C#N)CC1. The molecule has 0 aromatic carbocycles. The molecule has 1 aliphatic rings. The zero-order valence-electron chi connectivity index (χ0n) is 15.3. The zero-order chi connectivity index (χ0) is 18.5. The predicted molar refractivity (Wildman–Crippen MR) is 96.4 cm³/mol. The van der Waals surface area contributed by atoms with Crippen LogP contribution in [0.2, 0.25) is 0 Å². The predicted octanol–water partition coefficient (Wildman–Crippen LogP) is 3.28. The maximum atomic E-state index is 12.5. The van der Waals surface area contributed by atoms with Gasteiger partial charge in [0.25, 0.3) is 5.89 Å². The van der Waals surface area contributed by atoms with Crippen LogP contribution in [0.25, 0.3) is 11.7 Å². The van der Waals surface area contributed by atoms with E-state index in [1.165, 1.54) is 6.26 Å². The van der Waals surface area contributed by atoms with E-state index < -0.39 is 0 Å². The van der Waals surface area contributed by atoms with Crippen molar-refractivity contribution in [1.29, 1.82) is 5.26 Å². The number of rotatable bonds is 6. The number of carbonyl (C=O) groups is 1. The van der Waals surface area contributed by atoms with E-state index in [1.54, 1.807) is 12.1 Å². The van der Waals surface area contributed by atoms with Crippen molar-refractivity contribution in [3.8, 4) is 17.7 Å². The lowest BCUT2D eigenvalue weighted by Gasteiger charge is -2.33. The minimum absolute atomic E-state index is 0.0334. The summed E-state index contributed by atoms with van der Waals surface area (Å²) >= 11 is 0. The van der Waals surface area contributed by atoms with Gasteiger partial charge in [0.1, 0.15) is 6.07 Å². The van der Waals surface area contributed by atoms with E-state index in [9.17, 15) is 10.1 Å². The van der Waals surface area contributed by atoms with E-state index in [-0.39, 0.29) is 17.5 Å². The van der Waals surface area contributed by atoms with Crippen molar-refractivity contribution in [2.45, 2.75) is 32.6 Å². The molecule has 7 nitrogen and oxygen atoms in total. The Kier molecular flexibility index (Phi) is 5.61. The molecule has 1 saturated heterocycles. The van der Waals surface area contributed by atoms with Crippen LogP contribution in [0, 0.1) is 17.2 Å². The van der Waals surface area contributed by atoms with Crippen LogP contribution in [0.5, 0.6) is 0 Å². The smallest absolute Gasteiger partial charge is 0.266 e. The van der Waals surface area contributed by atoms with Crippen LogP contribution < -0.4 is 4.90 Å². The Balaban J connectivity index is 1.65. The van der Waals surface area contributed by atoms with Crippen LogP contribution in [0.3, 0.4) is 0 Å². The summed E-state index contributed by atoms with van der Waals surface area (Å²) in [6.07, 6.45) is 5.14. The Hall–Kier alpha value is -2.75. The molecule has 0 saturated carbocycles. The lowest BCUT2D eigenvalue weighted by atomic mass is 9.95. The summed E-state index contributed by atoms with van der Waals surface area (Å²) in [5, 5.41) is 9.36. The first-order valence-electron chi connectivity index (χ1n) is 9.08. The number of hydrogen-bond acceptors (Lipinski definition) is 6. The van der Waals surface area contributed by atoms with Crippen LogP contribution >= 0.6 is 0 Å². The second-order valence-electron chi connectivity index (χ2n) is 6.64. The van der Waals surface area contributed by atoms with Gasteiger partial charge in [0.2, 0.25) is 17.5 Å². The van der Waals surface area contributed by atoms with Crippen molar-refractivity contribution in [1.82, 2.24) is 9.88 Å². The van der Waals surface area contributed by atoms with Crippen molar-refractivity contribution in [3.05, 3.63) is 24.1 Å². The average Bonchev–Trinajstić information content (AvgIpc) is 3.34. The molecule has 1 aliphatic heterocycles. The minimum atomic E-state index is 0.0334. The van der Waals surface area contributed by atoms with E-state index in [4.69, 9.17) is 8.83 Å². The Bertz CT molecular complexity index is 767. The van der Waals surface area contributed by atoms with Gasteiger partial charge in [0.15, 0.2) is 5.76 Å². The van der Waals surface area contributed by atoms with E-state index in [0.29, 0.717) is 30.6 Å². The highest BCUT2D eigenvalue weighted by atomic mass is 16.4. The largest absolute Gasteiger partial charge is 0.459 e. The Morgan fingerprint density at radius 1 is 1.46 bits per heavy atom. The number of piperidine rings is 1. The molecule has 26 heavy (non-hydrogen) atoms. The van der Waals surface area contributed by atoms with Gasteiger partial charge in [-0.15, -0.1) is 0 Å². The molecule has 0 aliphatic carbocycles. The zero-order valence-corrected chi connectivity index (χ0v) is 15.3. The van der Waals surface area contributed by atoms with Gasteiger partial charge in [-0.25, -0.2) is 0 Å². The fourth-order valence-electron chi connectivity index (χ4n) is 3.25. The number of carbonyl (C=O) groups excluding carboxylic acids is 1. The van der Waals surface area contributed by atoms with Crippen LogP contribution in [-0.4, -0.2) is 42.5 Å². The fraction of sp³-hybridized carbons (Fsp3) is 0.526. The summed E-state index contributed by atoms with van der Waals surface area (Å²) in [5.74, 6) is 1.51. The number of nitrogens with zero attached hydrogens (tertiary/aromatic N) is 4. The van der Waals surface area contributed by atoms with E-state index in [2.05, 4.69) is 18.0 Å². The molecule has 0 bridgehead atoms. The number of furan rings is 1. The Morgan fingerprint density at radius 3 is 2.85 bits per heavy atom. The van der Waals surface area contributed by atoms with Gasteiger partial charge in [0, 0.05) is 32.6 Å². The standard InChI is InChI=1S/C19H24N4O3/c1-3-4-9-22(2)18(24)14-7-10-23(11-8-14)19-15(13-20)21-17(26-19)16-6-5-12-25-16/h5-6,12,14H,3-4,7-11H2,1-2H3. The summed E-state index contributed by atoms with van der Waals surface area (Å²) in [5.41, 5.74) is 0.251. The average molecular weight is 356 g/mol. The third kappa shape index (κ3) is 3.74. The lowest BCUT2D eigenvalue weighted by molar-refractivity contribution is -0.134. The normalized spacial score (nSPS) is 15.0. The number of anilines is 1. The molecule has 3 rings (SSSR count). The molecule has 1 fully saturated rings. The molecule has 2 aromatic heterocycles. The van der Waals surface area contributed by atoms with Crippen molar-refractivity contribution in [2.24, 2.45) is 5.92 Å². The lowest BCUT2D eigenvalue weighted by Crippen LogP contribution is -2.41. The van der Waals surface area contributed by atoms with Crippen LogP contribution in [0.4, 0.5) is 5.88 Å². The Labute approximate surface area is 153 Å². The molecule has 0 atom stereocenters. The quantitative estimate of drug-likeness (QED) is 0.789. The third-order valence-electron chi connectivity index (χ3n) is 4.80. The topological polar surface area (TPSA) is 86.5 Å². The molecule has 0 spiro atoms. The highest BCUT2D eigenvalue weighted by Gasteiger charge is 2.30. The number of unbranched alkanes of at least 4 members (excludes halogenated alkanes) is 1. The van der Waals surface area contributed by atoms with Crippen LogP contribution in [-0.2, 0) is 4.79 Å². The van der Waals surface area contributed by atoms with Crippen molar-refractivity contribution in [3.63, 3.8) is 0 Å². The molecule has 2 aromatic rings. The van der Waals surface area contributed by atoms with Gasteiger partial charge in [-0.3, -0.25) is 4.79 Å². The highest BCUT2D eigenvalue weighted by Crippen LogP contribution is 2.31. The minimum Gasteiger partial charge on any atom is -0.459 e. The molecule has 7 heteroatoms. The molecule has 0 radical (unpaired) electrons. The van der Waals surface area contributed by atoms with Crippen molar-refractivity contribution in [2.75, 3.05) is 31.6 Å². The molecular weight excluding hydrogens is 332 g/mol. The third-order valence-corrected chi connectivity index (χ3v) is 4.80. The van der Waals surface area contributed by atoms with Gasteiger partial charge in [-0.05, 0) is 31.4 Å². The second-order valence-corrected chi connectivity index (χ2v) is 6.64. The van der Waals surface area contributed by atoms with Crippen molar-refractivity contribution >= 4 is 11.8 Å². The monoisotopic (exact) mass is 356 g/mol. The fourth-order valence-corrected chi connectivity index (χ4v) is 3.25. The van der Waals surface area contributed by atoms with Crippen LogP contribution in [0.1, 0.15) is 38.3 Å². The first-order valence-corrected chi connectivity index (χ1v) is 9.08. The Morgan fingerprint density at radius 2 is 2.23 bits per heavy atom. The number of amides is 1. The van der Waals surface area contributed by atoms with E-state index >= 15 is 0 Å². The number of oxazole rings is 1. The van der Waals surface area contributed by atoms with Gasteiger partial charge in [0.05, 0.1) is 6.26 Å². The second kappa shape index (κ2) is 8.09. The van der Waals surface area contributed by atoms with Gasteiger partial charge >= 0.3 is 0 Å². The molecule has 138 valence electrons. The summed E-state index contributed by atoms with van der Waals surface area (Å²) in [6, 6.07) is 5.58. The first kappa shape index (κ1) is 18.1. The van der Waals surface area contributed by atoms with E-state index in [1.807, 2.05) is 16.8 Å². The molecule has 0 unspecified atom stereocenters. The maximum absolute atomic E-state index is 12.5. The van der Waals surface area contributed by atoms with E-state index in [0.717, 1.165) is 32.2 Å². The first-order chi connectivity index (χ1) is 12.6. The number of nitriles is 1. The van der Waals surface area contributed by atoms with Crippen molar-refractivity contribution < 1.29 is 13.6 Å². The highest BCUT2D eigenvalue weighted by molar-refractivity contribution is 5.79.